The lowest BCUT2D eigenvalue weighted by atomic mass is 10.1. The van der Waals surface area contributed by atoms with E-state index >= 15 is 0 Å². The summed E-state index contributed by atoms with van der Waals surface area (Å²) in [6.07, 6.45) is 0.483. The largest absolute Gasteiger partial charge is 0.379 e. The molecule has 1 aromatic rings. The van der Waals surface area contributed by atoms with Gasteiger partial charge in [-0.15, -0.1) is 0 Å². The maximum absolute atomic E-state index is 12.8. The van der Waals surface area contributed by atoms with E-state index in [9.17, 15) is 23.3 Å². The molecule has 11 heteroatoms. The molecule has 10 nitrogen and oxygen atoms in total. The number of nitrogens with one attached hydrogen (secondary N) is 1. The Bertz CT molecular complexity index is 837. The number of amides is 1. The molecule has 2 saturated heterocycles. The Labute approximate surface area is 157 Å². The topological polar surface area (TPSA) is 122 Å². The molecule has 27 heavy (non-hydrogen) atoms. The van der Waals surface area contributed by atoms with Gasteiger partial charge in [-0.2, -0.15) is 4.31 Å². The fourth-order valence-corrected chi connectivity index (χ4v) is 4.83. The molecule has 0 unspecified atom stereocenters. The van der Waals surface area contributed by atoms with Crippen molar-refractivity contribution in [1.29, 1.82) is 0 Å². The molecule has 0 spiro atoms. The van der Waals surface area contributed by atoms with Gasteiger partial charge in [-0.3, -0.25) is 14.9 Å². The van der Waals surface area contributed by atoms with Crippen molar-refractivity contribution in [2.24, 2.45) is 0 Å². The van der Waals surface area contributed by atoms with Crippen molar-refractivity contribution >= 4 is 27.3 Å². The predicted molar refractivity (Wildman–Crippen MR) is 97.1 cm³/mol. The second-order valence-electron chi connectivity index (χ2n) is 6.33. The maximum atomic E-state index is 12.8. The van der Waals surface area contributed by atoms with Crippen LogP contribution in [-0.4, -0.2) is 69.0 Å². The molecule has 2 fully saturated rings. The van der Waals surface area contributed by atoms with E-state index in [0.717, 1.165) is 6.07 Å². The average Bonchev–Trinajstić information content (AvgIpc) is 2.68. The van der Waals surface area contributed by atoms with Crippen LogP contribution in [0, 0.1) is 10.1 Å². The van der Waals surface area contributed by atoms with Crippen molar-refractivity contribution in [3.8, 4) is 0 Å². The van der Waals surface area contributed by atoms with Crippen LogP contribution in [0.5, 0.6) is 0 Å². The molecule has 148 valence electrons. The van der Waals surface area contributed by atoms with Crippen molar-refractivity contribution in [3.05, 3.63) is 28.3 Å². The lowest BCUT2D eigenvalue weighted by Gasteiger charge is -2.36. The van der Waals surface area contributed by atoms with E-state index in [1.807, 2.05) is 6.92 Å². The highest BCUT2D eigenvalue weighted by molar-refractivity contribution is 7.89. The Kier molecular flexibility index (Phi) is 5.63. The van der Waals surface area contributed by atoms with Gasteiger partial charge in [-0.1, -0.05) is 6.92 Å². The minimum atomic E-state index is -3.84. The number of hydrogen-bond acceptors (Lipinski definition) is 7. The molecule has 1 aromatic carbocycles. The second-order valence-corrected chi connectivity index (χ2v) is 8.27. The van der Waals surface area contributed by atoms with Gasteiger partial charge in [0.2, 0.25) is 15.9 Å². The number of hydrogen-bond donors (Lipinski definition) is 1. The third-order valence-corrected chi connectivity index (χ3v) is 6.67. The molecular formula is C16H22N4O6S. The minimum absolute atomic E-state index is 0.130. The number of sulfonamides is 1. The smallest absolute Gasteiger partial charge is 0.293 e. The molecule has 1 atom stereocenters. The van der Waals surface area contributed by atoms with Gasteiger partial charge in [0, 0.05) is 32.2 Å². The third kappa shape index (κ3) is 3.75. The summed E-state index contributed by atoms with van der Waals surface area (Å²) < 4.78 is 32.0. The zero-order valence-electron chi connectivity index (χ0n) is 15.0. The summed E-state index contributed by atoms with van der Waals surface area (Å²) in [6.45, 7) is 3.62. The number of nitro benzene ring substituents is 1. The fraction of sp³-hybridized carbons (Fsp3) is 0.562. The van der Waals surface area contributed by atoms with Crippen LogP contribution in [0.15, 0.2) is 23.1 Å². The van der Waals surface area contributed by atoms with Crippen molar-refractivity contribution in [3.63, 3.8) is 0 Å². The van der Waals surface area contributed by atoms with E-state index in [4.69, 9.17) is 4.74 Å². The van der Waals surface area contributed by atoms with Crippen molar-refractivity contribution < 1.29 is 22.9 Å². The highest BCUT2D eigenvalue weighted by Crippen LogP contribution is 2.34. The number of nitrogens with zero attached hydrogens (tertiary/aromatic N) is 3. The van der Waals surface area contributed by atoms with Gasteiger partial charge in [0.05, 0.1) is 23.0 Å². The molecule has 0 bridgehead atoms. The molecule has 0 aliphatic carbocycles. The first-order valence-electron chi connectivity index (χ1n) is 8.77. The number of carbonyl (C=O) groups is 1. The Balaban J connectivity index is 2.00. The number of benzene rings is 1. The number of ether oxygens (including phenoxy) is 1. The molecule has 2 aliphatic rings. The highest BCUT2D eigenvalue weighted by atomic mass is 32.2. The van der Waals surface area contributed by atoms with E-state index in [1.165, 1.54) is 16.4 Å². The number of piperazine rings is 1. The lowest BCUT2D eigenvalue weighted by molar-refractivity contribution is -0.384. The molecule has 0 radical (unpaired) electrons. The molecule has 2 aliphatic heterocycles. The van der Waals surface area contributed by atoms with Gasteiger partial charge in [0.25, 0.3) is 5.69 Å². The number of morpholine rings is 1. The van der Waals surface area contributed by atoms with Crippen LogP contribution in [0.1, 0.15) is 13.3 Å². The standard InChI is InChI=1S/C16H22N4O6S/c1-2-13-16(21)17-5-6-19(13)14-4-3-12(11-15(14)20(22)23)27(24,25)18-7-9-26-10-8-18/h3-4,11,13H,2,5-10H2,1H3,(H,17,21)/t13-/m0/s1. The fourth-order valence-electron chi connectivity index (χ4n) is 3.40. The van der Waals surface area contributed by atoms with Crippen LogP contribution in [0.4, 0.5) is 11.4 Å². The number of anilines is 1. The molecule has 1 amide bonds. The summed E-state index contributed by atoms with van der Waals surface area (Å²) in [7, 11) is -3.84. The summed E-state index contributed by atoms with van der Waals surface area (Å²) in [6, 6.07) is 3.34. The SMILES string of the molecule is CC[C@H]1C(=O)NCCN1c1ccc(S(=O)(=O)N2CCOCC2)cc1[N+](=O)[O-]. The average molecular weight is 398 g/mol. The highest BCUT2D eigenvalue weighted by Gasteiger charge is 2.34. The third-order valence-electron chi connectivity index (χ3n) is 4.78. The van der Waals surface area contributed by atoms with Crippen molar-refractivity contribution in [2.75, 3.05) is 44.3 Å². The Hall–Kier alpha value is -2.24. The summed E-state index contributed by atoms with van der Waals surface area (Å²) in [5.41, 5.74) is -0.0693. The zero-order chi connectivity index (χ0) is 19.6. The Morgan fingerprint density at radius 2 is 2.00 bits per heavy atom. The Morgan fingerprint density at radius 3 is 2.63 bits per heavy atom. The zero-order valence-corrected chi connectivity index (χ0v) is 15.8. The minimum Gasteiger partial charge on any atom is -0.379 e. The molecule has 1 N–H and O–H groups in total. The maximum Gasteiger partial charge on any atom is 0.293 e. The molecular weight excluding hydrogens is 376 g/mol. The number of nitro groups is 1. The summed E-state index contributed by atoms with van der Waals surface area (Å²) >= 11 is 0. The van der Waals surface area contributed by atoms with Crippen molar-refractivity contribution in [1.82, 2.24) is 9.62 Å². The van der Waals surface area contributed by atoms with E-state index in [-0.39, 0.29) is 35.3 Å². The van der Waals surface area contributed by atoms with Crippen LogP contribution in [0.2, 0.25) is 0 Å². The van der Waals surface area contributed by atoms with E-state index in [1.54, 1.807) is 4.90 Å². The van der Waals surface area contributed by atoms with Gasteiger partial charge in [0.15, 0.2) is 0 Å². The first kappa shape index (κ1) is 19.5. The molecule has 2 heterocycles. The second kappa shape index (κ2) is 7.79. The molecule has 0 saturated carbocycles. The Morgan fingerprint density at radius 1 is 1.30 bits per heavy atom. The monoisotopic (exact) mass is 398 g/mol. The van der Waals surface area contributed by atoms with Gasteiger partial charge < -0.3 is 15.0 Å². The van der Waals surface area contributed by atoms with Gasteiger partial charge in [-0.25, -0.2) is 8.42 Å². The summed E-state index contributed by atoms with van der Waals surface area (Å²) in [4.78, 5) is 24.7. The van der Waals surface area contributed by atoms with Crippen LogP contribution in [-0.2, 0) is 19.6 Å². The lowest BCUT2D eigenvalue weighted by Crippen LogP contribution is -2.55. The quantitative estimate of drug-likeness (QED) is 0.560. The van der Waals surface area contributed by atoms with Gasteiger partial charge in [0.1, 0.15) is 11.7 Å². The predicted octanol–water partition coefficient (Wildman–Crippen LogP) is 0.331. The summed E-state index contributed by atoms with van der Waals surface area (Å²) in [5, 5.41) is 14.4. The van der Waals surface area contributed by atoms with Crippen molar-refractivity contribution in [2.45, 2.75) is 24.3 Å². The van der Waals surface area contributed by atoms with E-state index in [2.05, 4.69) is 5.32 Å². The first-order valence-corrected chi connectivity index (χ1v) is 10.2. The van der Waals surface area contributed by atoms with Crippen LogP contribution in [0.25, 0.3) is 0 Å². The molecule has 3 rings (SSSR count). The van der Waals surface area contributed by atoms with Crippen LogP contribution in [0.3, 0.4) is 0 Å². The first-order chi connectivity index (χ1) is 12.9. The number of carbonyl (C=O) groups excluding carboxylic acids is 1. The normalized spacial score (nSPS) is 21.7. The molecule has 0 aromatic heterocycles. The van der Waals surface area contributed by atoms with E-state index < -0.39 is 21.0 Å². The van der Waals surface area contributed by atoms with Gasteiger partial charge >= 0.3 is 0 Å². The van der Waals surface area contributed by atoms with E-state index in [0.29, 0.717) is 32.7 Å². The summed E-state index contributed by atoms with van der Waals surface area (Å²) in [5.74, 6) is -0.192. The number of rotatable bonds is 5. The van der Waals surface area contributed by atoms with Gasteiger partial charge in [-0.05, 0) is 18.6 Å². The van der Waals surface area contributed by atoms with Crippen LogP contribution >= 0.6 is 0 Å². The van der Waals surface area contributed by atoms with Crippen LogP contribution < -0.4 is 10.2 Å².